The second-order valence-corrected chi connectivity index (χ2v) is 8.65. The van der Waals surface area contributed by atoms with Crippen molar-refractivity contribution in [3.8, 4) is 0 Å². The highest BCUT2D eigenvalue weighted by Crippen LogP contribution is 2.17. The van der Waals surface area contributed by atoms with Crippen LogP contribution in [0.2, 0.25) is 0 Å². The van der Waals surface area contributed by atoms with Crippen molar-refractivity contribution in [2.45, 2.75) is 32.7 Å². The molecule has 2 N–H and O–H groups in total. The minimum Gasteiger partial charge on any atom is -0.392 e. The summed E-state index contributed by atoms with van der Waals surface area (Å²) in [7, 11) is -2.88. The van der Waals surface area contributed by atoms with Gasteiger partial charge >= 0.3 is 0 Å². The van der Waals surface area contributed by atoms with Crippen molar-refractivity contribution in [2.75, 3.05) is 44.2 Å². The highest BCUT2D eigenvalue weighted by atomic mass is 32.2. The van der Waals surface area contributed by atoms with E-state index in [1.807, 2.05) is 20.8 Å². The summed E-state index contributed by atoms with van der Waals surface area (Å²) in [4.78, 5) is 4.99. The summed E-state index contributed by atoms with van der Waals surface area (Å²) in [5.41, 5.74) is 5.51. The number of piperazine rings is 1. The van der Waals surface area contributed by atoms with Crippen molar-refractivity contribution in [2.24, 2.45) is 5.73 Å². The minimum atomic E-state index is -2.88. The zero-order chi connectivity index (χ0) is 15.4. The monoisotopic (exact) mass is 321 g/mol. The molecule has 1 aliphatic rings. The first-order valence-corrected chi connectivity index (χ1v) is 9.39. The summed E-state index contributed by atoms with van der Waals surface area (Å²) in [5.74, 6) is 0.557. The first-order chi connectivity index (χ1) is 9.19. The molecule has 1 fully saturated rings. The van der Waals surface area contributed by atoms with Crippen LogP contribution in [0.1, 0.15) is 27.2 Å². The molecule has 0 bridgehead atoms. The first kappa shape index (κ1) is 17.8. The molecule has 7 heteroatoms. The van der Waals surface area contributed by atoms with Crippen LogP contribution in [0.5, 0.6) is 0 Å². The molecule has 0 aromatic heterocycles. The van der Waals surface area contributed by atoms with Crippen molar-refractivity contribution < 1.29 is 8.42 Å². The summed E-state index contributed by atoms with van der Waals surface area (Å²) in [6.07, 6.45) is 0.693. The van der Waals surface area contributed by atoms with E-state index in [0.717, 1.165) is 26.2 Å². The summed E-state index contributed by atoms with van der Waals surface area (Å²) < 4.78 is 23.4. The van der Waals surface area contributed by atoms with Gasteiger partial charge in [-0.1, -0.05) is 19.1 Å². The van der Waals surface area contributed by atoms with Gasteiger partial charge in [-0.3, -0.25) is 9.80 Å². The lowest BCUT2D eigenvalue weighted by Gasteiger charge is -2.43. The smallest absolute Gasteiger partial charge is 0.151 e. The Balaban J connectivity index is 2.42. The van der Waals surface area contributed by atoms with Crippen LogP contribution in [0.15, 0.2) is 0 Å². The summed E-state index contributed by atoms with van der Waals surface area (Å²) >= 11 is 5.11. The number of sulfone groups is 1. The largest absolute Gasteiger partial charge is 0.392 e. The zero-order valence-electron chi connectivity index (χ0n) is 12.8. The van der Waals surface area contributed by atoms with Crippen LogP contribution in [-0.2, 0) is 9.84 Å². The number of nitrogens with zero attached hydrogens (tertiary/aromatic N) is 2. The van der Waals surface area contributed by atoms with Gasteiger partial charge in [0.15, 0.2) is 9.84 Å². The number of nitrogens with two attached hydrogens (primary N) is 1. The molecule has 0 atom stereocenters. The Morgan fingerprint density at radius 2 is 1.75 bits per heavy atom. The van der Waals surface area contributed by atoms with Gasteiger partial charge in [-0.05, 0) is 20.3 Å². The van der Waals surface area contributed by atoms with Crippen LogP contribution < -0.4 is 5.73 Å². The third-order valence-corrected chi connectivity index (χ3v) is 6.33. The Morgan fingerprint density at radius 3 is 2.20 bits per heavy atom. The van der Waals surface area contributed by atoms with Gasteiger partial charge in [-0.25, -0.2) is 8.42 Å². The lowest BCUT2D eigenvalue weighted by molar-refractivity contribution is 0.0895. The third kappa shape index (κ3) is 4.95. The second-order valence-electron chi connectivity index (χ2n) is 5.90. The standard InChI is InChI=1S/C13H27N3O2S2/c1-4-10-20(17,18)11-9-15-5-7-16(8-6-15)13(2,3)12(14)19/h4-11H2,1-3H3,(H2,14,19). The van der Waals surface area contributed by atoms with E-state index >= 15 is 0 Å². The van der Waals surface area contributed by atoms with E-state index in [4.69, 9.17) is 18.0 Å². The van der Waals surface area contributed by atoms with Crippen LogP contribution >= 0.6 is 12.2 Å². The lowest BCUT2D eigenvalue weighted by atomic mass is 10.0. The molecule has 0 saturated carbocycles. The van der Waals surface area contributed by atoms with E-state index in [1.165, 1.54) is 0 Å². The van der Waals surface area contributed by atoms with Gasteiger partial charge in [-0.2, -0.15) is 0 Å². The van der Waals surface area contributed by atoms with Gasteiger partial charge in [0.05, 0.1) is 16.3 Å². The molecule has 118 valence electrons. The Hall–Kier alpha value is -0.240. The van der Waals surface area contributed by atoms with E-state index in [0.29, 0.717) is 23.7 Å². The quantitative estimate of drug-likeness (QED) is 0.689. The van der Waals surface area contributed by atoms with Crippen LogP contribution in [0.25, 0.3) is 0 Å². The molecule has 1 saturated heterocycles. The zero-order valence-corrected chi connectivity index (χ0v) is 14.4. The average Bonchev–Trinajstić information content (AvgIpc) is 2.37. The third-order valence-electron chi connectivity index (χ3n) is 4.00. The number of rotatable bonds is 7. The van der Waals surface area contributed by atoms with Gasteiger partial charge < -0.3 is 5.73 Å². The van der Waals surface area contributed by atoms with E-state index in [2.05, 4.69) is 9.80 Å². The topological polar surface area (TPSA) is 66.6 Å². The predicted octanol–water partition coefficient (Wildman–Crippen LogP) is 0.494. The molecule has 0 aromatic rings. The molecular formula is C13H27N3O2S2. The number of hydrogen-bond acceptors (Lipinski definition) is 5. The molecule has 0 spiro atoms. The molecule has 1 aliphatic heterocycles. The van der Waals surface area contributed by atoms with Crippen LogP contribution in [-0.4, -0.2) is 73.0 Å². The van der Waals surface area contributed by atoms with Crippen molar-refractivity contribution in [3.63, 3.8) is 0 Å². The molecule has 0 amide bonds. The maximum absolute atomic E-state index is 11.7. The fraction of sp³-hybridized carbons (Fsp3) is 0.923. The van der Waals surface area contributed by atoms with E-state index in [9.17, 15) is 8.42 Å². The second kappa shape index (κ2) is 7.15. The Bertz CT molecular complexity index is 427. The van der Waals surface area contributed by atoms with E-state index in [-0.39, 0.29) is 11.3 Å². The SMILES string of the molecule is CCCS(=O)(=O)CCN1CCN(C(C)(C)C(N)=S)CC1. The normalized spacial score (nSPS) is 19.1. The molecule has 0 radical (unpaired) electrons. The summed E-state index contributed by atoms with van der Waals surface area (Å²) in [5, 5.41) is 0. The Labute approximate surface area is 128 Å². The molecule has 0 aromatic carbocycles. The Morgan fingerprint density at radius 1 is 1.20 bits per heavy atom. The molecule has 1 heterocycles. The molecule has 0 unspecified atom stereocenters. The van der Waals surface area contributed by atoms with Crippen molar-refractivity contribution in [3.05, 3.63) is 0 Å². The minimum absolute atomic E-state index is 0.263. The number of hydrogen-bond donors (Lipinski definition) is 1. The van der Waals surface area contributed by atoms with E-state index in [1.54, 1.807) is 0 Å². The lowest BCUT2D eigenvalue weighted by Crippen LogP contribution is -2.59. The maximum Gasteiger partial charge on any atom is 0.151 e. The van der Waals surface area contributed by atoms with Gasteiger partial charge in [0, 0.05) is 38.5 Å². The molecule has 1 rings (SSSR count). The average molecular weight is 322 g/mol. The van der Waals surface area contributed by atoms with Crippen molar-refractivity contribution >= 4 is 27.0 Å². The number of thiocarbonyl (C=S) groups is 1. The van der Waals surface area contributed by atoms with Crippen LogP contribution in [0, 0.1) is 0 Å². The van der Waals surface area contributed by atoms with Gasteiger partial charge in [0.1, 0.15) is 0 Å². The fourth-order valence-electron chi connectivity index (χ4n) is 2.37. The van der Waals surface area contributed by atoms with Crippen molar-refractivity contribution in [1.29, 1.82) is 0 Å². The molecule has 0 aliphatic carbocycles. The fourth-order valence-corrected chi connectivity index (χ4v) is 3.86. The molecular weight excluding hydrogens is 294 g/mol. The summed E-state index contributed by atoms with van der Waals surface area (Å²) in [6.45, 7) is 10.1. The highest BCUT2D eigenvalue weighted by molar-refractivity contribution is 7.91. The van der Waals surface area contributed by atoms with Crippen LogP contribution in [0.4, 0.5) is 0 Å². The predicted molar refractivity (Wildman–Crippen MR) is 87.8 cm³/mol. The van der Waals surface area contributed by atoms with Gasteiger partial charge in [0.2, 0.25) is 0 Å². The molecule has 20 heavy (non-hydrogen) atoms. The van der Waals surface area contributed by atoms with E-state index < -0.39 is 9.84 Å². The highest BCUT2D eigenvalue weighted by Gasteiger charge is 2.32. The van der Waals surface area contributed by atoms with Gasteiger partial charge in [0.25, 0.3) is 0 Å². The van der Waals surface area contributed by atoms with Crippen LogP contribution in [0.3, 0.4) is 0 Å². The van der Waals surface area contributed by atoms with Crippen molar-refractivity contribution in [1.82, 2.24) is 9.80 Å². The summed E-state index contributed by atoms with van der Waals surface area (Å²) in [6, 6.07) is 0. The molecule has 5 nitrogen and oxygen atoms in total. The first-order valence-electron chi connectivity index (χ1n) is 7.17. The maximum atomic E-state index is 11.7. The van der Waals surface area contributed by atoms with Gasteiger partial charge in [-0.15, -0.1) is 0 Å². The Kier molecular flexibility index (Phi) is 6.37.